The van der Waals surface area contributed by atoms with Gasteiger partial charge in [0.05, 0.1) is 0 Å². The second kappa shape index (κ2) is 3.86. The van der Waals surface area contributed by atoms with Gasteiger partial charge in [-0.3, -0.25) is 0 Å². The molecule has 2 heteroatoms. The Balaban J connectivity index is 0.000000562. The minimum absolute atomic E-state index is 0. The molecule has 4 aliphatic carbocycles. The molecule has 90 valence electrons. The molecule has 0 heterocycles. The fourth-order valence-corrected chi connectivity index (χ4v) is 4.86. The van der Waals surface area contributed by atoms with Crippen molar-refractivity contribution in [2.75, 3.05) is 0 Å². The summed E-state index contributed by atoms with van der Waals surface area (Å²) in [6.45, 7) is 7.64. The molecule has 0 aromatic rings. The lowest BCUT2D eigenvalue weighted by molar-refractivity contribution is -0.149. The topological polar surface area (TPSA) is 35.0 Å². The second-order valence-corrected chi connectivity index (χ2v) is 6.83. The Labute approximate surface area is 111 Å². The van der Waals surface area contributed by atoms with Gasteiger partial charge in [-0.2, -0.15) is 0 Å². The summed E-state index contributed by atoms with van der Waals surface area (Å²) in [4.78, 5) is 0. The number of hydrogen-bond donors (Lipinski definition) is 1. The molecule has 0 aromatic heterocycles. The van der Waals surface area contributed by atoms with Crippen molar-refractivity contribution in [1.82, 2.24) is 6.15 Å². The van der Waals surface area contributed by atoms with Gasteiger partial charge in [0.2, 0.25) is 0 Å². The zero-order valence-corrected chi connectivity index (χ0v) is 12.7. The van der Waals surface area contributed by atoms with Gasteiger partial charge in [0, 0.05) is 0 Å². The Morgan fingerprint density at radius 2 is 1.33 bits per heavy atom. The van der Waals surface area contributed by atoms with Gasteiger partial charge in [0.1, 0.15) is 0 Å². The molecular formula is C13H26IN. The van der Waals surface area contributed by atoms with Gasteiger partial charge in [0.25, 0.3) is 0 Å². The van der Waals surface area contributed by atoms with Crippen LogP contribution in [0.4, 0.5) is 0 Å². The van der Waals surface area contributed by atoms with E-state index >= 15 is 0 Å². The molecule has 4 rings (SSSR count). The largest absolute Gasteiger partial charge is 0.344 e. The number of halogens is 1. The van der Waals surface area contributed by atoms with Crippen LogP contribution in [0.3, 0.4) is 0 Å². The average molecular weight is 323 g/mol. The van der Waals surface area contributed by atoms with Gasteiger partial charge in [-0.25, -0.2) is 0 Å². The van der Waals surface area contributed by atoms with E-state index in [-0.39, 0.29) is 30.1 Å². The minimum atomic E-state index is 0. The minimum Gasteiger partial charge on any atom is -0.344 e. The standard InChI is InChI=1S/C13H22.HI.H3N/c1-12(2)11-5-9-4-10(6-11)8-13(12,3)7-9;;/h9-11H,4-8H2,1-3H3;1H;1H3. The van der Waals surface area contributed by atoms with Crippen LogP contribution in [0.5, 0.6) is 0 Å². The van der Waals surface area contributed by atoms with Crippen LogP contribution in [0, 0.1) is 28.6 Å². The van der Waals surface area contributed by atoms with Crippen molar-refractivity contribution in [1.29, 1.82) is 0 Å². The number of rotatable bonds is 0. The quantitative estimate of drug-likeness (QED) is 0.648. The highest BCUT2D eigenvalue weighted by molar-refractivity contribution is 14.0. The van der Waals surface area contributed by atoms with Crippen LogP contribution in [0.25, 0.3) is 0 Å². The zero-order valence-electron chi connectivity index (χ0n) is 10.4. The Bertz CT molecular complexity index is 235. The van der Waals surface area contributed by atoms with Gasteiger partial charge in [0.15, 0.2) is 0 Å². The van der Waals surface area contributed by atoms with Crippen LogP contribution in [-0.4, -0.2) is 0 Å². The Kier molecular flexibility index (Phi) is 3.54. The van der Waals surface area contributed by atoms with Crippen molar-refractivity contribution in [2.45, 2.75) is 52.9 Å². The van der Waals surface area contributed by atoms with E-state index in [1.54, 1.807) is 19.3 Å². The molecule has 4 fully saturated rings. The molecular weight excluding hydrogens is 297 g/mol. The average Bonchev–Trinajstić information content (AvgIpc) is 1.99. The third kappa shape index (κ3) is 1.67. The molecule has 2 unspecified atom stereocenters. The fraction of sp³-hybridized carbons (Fsp3) is 1.00. The maximum Gasteiger partial charge on any atom is -0.0267 e. The fourth-order valence-electron chi connectivity index (χ4n) is 4.86. The normalized spacial score (nSPS) is 49.4. The van der Waals surface area contributed by atoms with E-state index in [0.717, 1.165) is 17.8 Å². The van der Waals surface area contributed by atoms with Crippen molar-refractivity contribution in [3.05, 3.63) is 0 Å². The zero-order chi connectivity index (χ0) is 9.27. The van der Waals surface area contributed by atoms with Crippen LogP contribution in [0.15, 0.2) is 0 Å². The third-order valence-corrected chi connectivity index (χ3v) is 5.96. The molecule has 3 N–H and O–H groups in total. The third-order valence-electron chi connectivity index (χ3n) is 5.96. The summed E-state index contributed by atoms with van der Waals surface area (Å²) in [7, 11) is 0. The van der Waals surface area contributed by atoms with E-state index < -0.39 is 0 Å². The summed E-state index contributed by atoms with van der Waals surface area (Å²) in [6.07, 6.45) is 7.75. The Morgan fingerprint density at radius 1 is 0.867 bits per heavy atom. The molecule has 15 heavy (non-hydrogen) atoms. The molecule has 4 bridgehead atoms. The first-order valence-electron chi connectivity index (χ1n) is 6.01. The lowest BCUT2D eigenvalue weighted by Gasteiger charge is -2.65. The van der Waals surface area contributed by atoms with Crippen molar-refractivity contribution in [3.63, 3.8) is 0 Å². The van der Waals surface area contributed by atoms with Crippen LogP contribution >= 0.6 is 24.0 Å². The van der Waals surface area contributed by atoms with Crippen LogP contribution in [0.2, 0.25) is 0 Å². The highest BCUT2D eigenvalue weighted by Crippen LogP contribution is 2.67. The summed E-state index contributed by atoms with van der Waals surface area (Å²) in [6, 6.07) is 0. The molecule has 0 radical (unpaired) electrons. The Hall–Kier alpha value is 0.690. The summed E-state index contributed by atoms with van der Waals surface area (Å²) >= 11 is 0. The van der Waals surface area contributed by atoms with E-state index in [2.05, 4.69) is 20.8 Å². The maximum atomic E-state index is 2.57. The van der Waals surface area contributed by atoms with Crippen LogP contribution < -0.4 is 6.15 Å². The summed E-state index contributed by atoms with van der Waals surface area (Å²) in [5.41, 5.74) is 1.34. The van der Waals surface area contributed by atoms with Crippen LogP contribution in [0.1, 0.15) is 52.9 Å². The summed E-state index contributed by atoms with van der Waals surface area (Å²) in [5.74, 6) is 3.27. The van der Waals surface area contributed by atoms with E-state index in [4.69, 9.17) is 0 Å². The smallest absolute Gasteiger partial charge is 0.0267 e. The van der Waals surface area contributed by atoms with Gasteiger partial charge in [-0.1, -0.05) is 20.8 Å². The molecule has 0 spiro atoms. The molecule has 0 saturated heterocycles. The summed E-state index contributed by atoms with van der Waals surface area (Å²) in [5, 5.41) is 0. The second-order valence-electron chi connectivity index (χ2n) is 6.83. The highest BCUT2D eigenvalue weighted by atomic mass is 127. The predicted molar refractivity (Wildman–Crippen MR) is 75.9 cm³/mol. The first kappa shape index (κ1) is 13.8. The van der Waals surface area contributed by atoms with E-state index in [0.29, 0.717) is 10.8 Å². The SMILES string of the molecule is CC12CC3CC(CC(C3)C1(C)C)C2.I.N. The highest BCUT2D eigenvalue weighted by Gasteiger charge is 2.58. The lowest BCUT2D eigenvalue weighted by atomic mass is 9.40. The summed E-state index contributed by atoms with van der Waals surface area (Å²) < 4.78 is 0. The lowest BCUT2D eigenvalue weighted by Crippen LogP contribution is -2.56. The van der Waals surface area contributed by atoms with Gasteiger partial charge in [-0.15, -0.1) is 24.0 Å². The van der Waals surface area contributed by atoms with E-state index in [9.17, 15) is 0 Å². The molecule has 0 aliphatic heterocycles. The molecule has 4 saturated carbocycles. The van der Waals surface area contributed by atoms with E-state index in [1.807, 2.05) is 0 Å². The maximum absolute atomic E-state index is 2.57. The first-order chi connectivity index (χ1) is 6.01. The first-order valence-corrected chi connectivity index (χ1v) is 6.01. The molecule has 2 atom stereocenters. The predicted octanol–water partition coefficient (Wildman–Crippen LogP) is 4.64. The van der Waals surface area contributed by atoms with Gasteiger partial charge in [-0.05, 0) is 60.7 Å². The Morgan fingerprint density at radius 3 is 1.73 bits per heavy atom. The van der Waals surface area contributed by atoms with Crippen molar-refractivity contribution in [2.24, 2.45) is 28.6 Å². The monoisotopic (exact) mass is 323 g/mol. The molecule has 0 amide bonds. The molecule has 4 aliphatic rings. The number of hydrogen-bond acceptors (Lipinski definition) is 1. The van der Waals surface area contributed by atoms with Crippen molar-refractivity contribution >= 4 is 24.0 Å². The van der Waals surface area contributed by atoms with Gasteiger partial charge < -0.3 is 6.15 Å². The van der Waals surface area contributed by atoms with E-state index in [1.165, 1.54) is 12.8 Å². The van der Waals surface area contributed by atoms with Gasteiger partial charge >= 0.3 is 0 Å². The molecule has 0 aromatic carbocycles. The van der Waals surface area contributed by atoms with Crippen molar-refractivity contribution < 1.29 is 0 Å². The van der Waals surface area contributed by atoms with Crippen molar-refractivity contribution in [3.8, 4) is 0 Å². The van der Waals surface area contributed by atoms with Crippen LogP contribution in [-0.2, 0) is 0 Å². The molecule has 1 nitrogen and oxygen atoms in total.